The zero-order valence-electron chi connectivity index (χ0n) is 8.04. The van der Waals surface area contributed by atoms with Crippen molar-refractivity contribution < 1.29 is 18.1 Å². The van der Waals surface area contributed by atoms with Gasteiger partial charge in [0.1, 0.15) is 5.69 Å². The van der Waals surface area contributed by atoms with Crippen LogP contribution < -0.4 is 5.32 Å². The molecule has 0 atom stereocenters. The number of halogens is 3. The van der Waals surface area contributed by atoms with E-state index in [1.54, 1.807) is 0 Å². The molecule has 4 nitrogen and oxygen atoms in total. The van der Waals surface area contributed by atoms with E-state index in [1.807, 2.05) is 0 Å². The summed E-state index contributed by atoms with van der Waals surface area (Å²) in [5.74, 6) is 0. The monoisotopic (exact) mass is 252 g/mol. The predicted octanol–water partition coefficient (Wildman–Crippen LogP) is 3.25. The van der Waals surface area contributed by atoms with E-state index in [2.05, 4.69) is 5.32 Å². The van der Waals surface area contributed by atoms with Crippen molar-refractivity contribution in [1.82, 2.24) is 0 Å². The third-order valence-corrected chi connectivity index (χ3v) is 2.39. The zero-order chi connectivity index (χ0) is 12.3. The maximum Gasteiger partial charge on any atom is 0.446 e. The van der Waals surface area contributed by atoms with E-state index in [0.717, 1.165) is 6.07 Å². The maximum absolute atomic E-state index is 12.0. The summed E-state index contributed by atoms with van der Waals surface area (Å²) in [5.41, 5.74) is -4.65. The van der Waals surface area contributed by atoms with Gasteiger partial charge in [0, 0.05) is 18.0 Å². The highest BCUT2D eigenvalue weighted by atomic mass is 32.2. The van der Waals surface area contributed by atoms with E-state index >= 15 is 0 Å². The summed E-state index contributed by atoms with van der Waals surface area (Å²) in [6.07, 6.45) is 0. The molecule has 0 bridgehead atoms. The van der Waals surface area contributed by atoms with E-state index in [4.69, 9.17) is 0 Å². The molecule has 1 rings (SSSR count). The predicted molar refractivity (Wildman–Crippen MR) is 54.6 cm³/mol. The fraction of sp³-hybridized carbons (Fsp3) is 0.250. The first-order chi connectivity index (χ1) is 7.33. The van der Waals surface area contributed by atoms with Crippen LogP contribution in [0, 0.1) is 10.1 Å². The van der Waals surface area contributed by atoms with Crippen LogP contribution in [0.1, 0.15) is 0 Å². The topological polar surface area (TPSA) is 55.2 Å². The van der Waals surface area contributed by atoms with Crippen LogP contribution in [0.3, 0.4) is 0 Å². The number of hydrogen-bond acceptors (Lipinski definition) is 4. The molecule has 0 spiro atoms. The first-order valence-corrected chi connectivity index (χ1v) is 4.87. The van der Waals surface area contributed by atoms with Crippen LogP contribution in [0.15, 0.2) is 23.1 Å². The van der Waals surface area contributed by atoms with Crippen molar-refractivity contribution in [2.75, 3.05) is 12.4 Å². The van der Waals surface area contributed by atoms with Gasteiger partial charge in [0.25, 0.3) is 5.69 Å². The molecule has 0 aliphatic carbocycles. The van der Waals surface area contributed by atoms with Crippen molar-refractivity contribution in [3.05, 3.63) is 28.3 Å². The average molecular weight is 252 g/mol. The second-order valence-corrected chi connectivity index (χ2v) is 3.87. The Balaban J connectivity index is 3.07. The summed E-state index contributed by atoms with van der Waals surface area (Å²) >= 11 is -0.381. The van der Waals surface area contributed by atoms with E-state index in [0.29, 0.717) is 0 Å². The Morgan fingerprint density at radius 2 is 2.06 bits per heavy atom. The molecule has 0 aliphatic heterocycles. The van der Waals surface area contributed by atoms with Gasteiger partial charge in [-0.25, -0.2) is 0 Å². The Morgan fingerprint density at radius 3 is 2.50 bits per heavy atom. The summed E-state index contributed by atoms with van der Waals surface area (Å²) in [7, 11) is 1.46. The summed E-state index contributed by atoms with van der Waals surface area (Å²) in [6, 6.07) is 3.31. The molecule has 0 fully saturated rings. The van der Waals surface area contributed by atoms with Gasteiger partial charge in [-0.2, -0.15) is 13.2 Å². The van der Waals surface area contributed by atoms with Crippen LogP contribution in [0.2, 0.25) is 0 Å². The van der Waals surface area contributed by atoms with Crippen LogP contribution in [0.4, 0.5) is 24.5 Å². The van der Waals surface area contributed by atoms with Gasteiger partial charge in [-0.15, -0.1) is 0 Å². The Hall–Kier alpha value is -1.44. The fourth-order valence-corrected chi connectivity index (χ4v) is 1.64. The Labute approximate surface area is 93.0 Å². The number of nitro groups is 1. The number of nitrogens with zero attached hydrogens (tertiary/aromatic N) is 1. The van der Waals surface area contributed by atoms with Crippen LogP contribution >= 0.6 is 11.8 Å². The van der Waals surface area contributed by atoms with Crippen LogP contribution in [-0.2, 0) is 0 Å². The lowest BCUT2D eigenvalue weighted by Crippen LogP contribution is -2.01. The second kappa shape index (κ2) is 4.60. The second-order valence-electron chi connectivity index (χ2n) is 2.73. The zero-order valence-corrected chi connectivity index (χ0v) is 8.85. The van der Waals surface area contributed by atoms with Gasteiger partial charge in [0.15, 0.2) is 0 Å². The number of nitrogens with one attached hydrogen (secondary N) is 1. The minimum Gasteiger partial charge on any atom is -0.383 e. The molecular formula is C8H7F3N2O2S. The van der Waals surface area contributed by atoms with Crippen LogP contribution in [0.5, 0.6) is 0 Å². The Morgan fingerprint density at radius 1 is 1.44 bits per heavy atom. The van der Waals surface area contributed by atoms with Gasteiger partial charge in [-0.1, -0.05) is 0 Å². The van der Waals surface area contributed by atoms with E-state index < -0.39 is 10.4 Å². The number of anilines is 1. The molecule has 16 heavy (non-hydrogen) atoms. The number of nitro benzene ring substituents is 1. The standard InChI is InChI=1S/C8H7F3N2O2S/c1-12-6-3-2-5(16-8(9,10)11)4-7(6)13(14)15/h2-4,12H,1H3. The number of hydrogen-bond donors (Lipinski definition) is 1. The third kappa shape index (κ3) is 3.30. The van der Waals surface area contributed by atoms with E-state index in [-0.39, 0.29) is 28.0 Å². The third-order valence-electron chi connectivity index (χ3n) is 1.67. The quantitative estimate of drug-likeness (QED) is 0.509. The lowest BCUT2D eigenvalue weighted by Gasteiger charge is -2.07. The molecule has 0 aromatic heterocycles. The summed E-state index contributed by atoms with van der Waals surface area (Å²) < 4.78 is 36.1. The molecule has 8 heteroatoms. The van der Waals surface area contributed by atoms with Crippen LogP contribution in [-0.4, -0.2) is 17.5 Å². The highest BCUT2D eigenvalue weighted by Gasteiger charge is 2.30. The number of rotatable bonds is 3. The van der Waals surface area contributed by atoms with Gasteiger partial charge >= 0.3 is 5.51 Å². The molecule has 0 unspecified atom stereocenters. The van der Waals surface area contributed by atoms with Gasteiger partial charge in [-0.05, 0) is 23.9 Å². The fourth-order valence-electron chi connectivity index (χ4n) is 1.07. The smallest absolute Gasteiger partial charge is 0.383 e. The molecule has 0 saturated carbocycles. The SMILES string of the molecule is CNc1ccc(SC(F)(F)F)cc1[N+](=O)[O-]. The van der Waals surface area contributed by atoms with Crippen molar-refractivity contribution in [1.29, 1.82) is 0 Å². The minimum atomic E-state index is -4.45. The molecule has 0 amide bonds. The summed E-state index contributed by atoms with van der Waals surface area (Å²) in [6.45, 7) is 0. The molecule has 0 saturated heterocycles. The van der Waals surface area contributed by atoms with Crippen molar-refractivity contribution in [3.8, 4) is 0 Å². The highest BCUT2D eigenvalue weighted by Crippen LogP contribution is 2.39. The molecule has 0 radical (unpaired) electrons. The first kappa shape index (κ1) is 12.6. The van der Waals surface area contributed by atoms with Gasteiger partial charge in [0.2, 0.25) is 0 Å². The molecule has 88 valence electrons. The van der Waals surface area contributed by atoms with Crippen molar-refractivity contribution in [2.24, 2.45) is 0 Å². The number of alkyl halides is 3. The normalized spacial score (nSPS) is 11.2. The van der Waals surface area contributed by atoms with E-state index in [1.165, 1.54) is 19.2 Å². The molecule has 1 aromatic rings. The van der Waals surface area contributed by atoms with Crippen molar-refractivity contribution >= 4 is 23.1 Å². The van der Waals surface area contributed by atoms with Gasteiger partial charge in [-0.3, -0.25) is 10.1 Å². The van der Waals surface area contributed by atoms with Crippen molar-refractivity contribution in [2.45, 2.75) is 10.4 Å². The molecule has 0 heterocycles. The Bertz CT molecular complexity index is 409. The largest absolute Gasteiger partial charge is 0.446 e. The lowest BCUT2D eigenvalue weighted by atomic mass is 10.3. The van der Waals surface area contributed by atoms with E-state index in [9.17, 15) is 23.3 Å². The molecule has 0 aliphatic rings. The maximum atomic E-state index is 12.0. The molecule has 1 aromatic carbocycles. The summed E-state index contributed by atoms with van der Waals surface area (Å²) in [4.78, 5) is 9.63. The van der Waals surface area contributed by atoms with Crippen LogP contribution in [0.25, 0.3) is 0 Å². The van der Waals surface area contributed by atoms with Gasteiger partial charge in [0.05, 0.1) is 4.92 Å². The average Bonchev–Trinajstić information content (AvgIpc) is 2.15. The first-order valence-electron chi connectivity index (χ1n) is 4.05. The number of thioether (sulfide) groups is 1. The Kier molecular flexibility index (Phi) is 3.63. The highest BCUT2D eigenvalue weighted by molar-refractivity contribution is 8.00. The minimum absolute atomic E-state index is 0.177. The number of benzene rings is 1. The molecular weight excluding hydrogens is 245 g/mol. The lowest BCUT2D eigenvalue weighted by molar-refractivity contribution is -0.384. The van der Waals surface area contributed by atoms with Crippen molar-refractivity contribution in [3.63, 3.8) is 0 Å². The summed E-state index contributed by atoms with van der Waals surface area (Å²) in [5, 5.41) is 13.1. The molecule has 1 N–H and O–H groups in total. The van der Waals surface area contributed by atoms with Gasteiger partial charge < -0.3 is 5.32 Å².